The van der Waals surface area contributed by atoms with Crippen molar-refractivity contribution in [3.05, 3.63) is 220 Å². The number of benzene rings is 8. The van der Waals surface area contributed by atoms with Crippen LogP contribution in [0.4, 0.5) is 17.1 Å². The Morgan fingerprint density at radius 3 is 1.98 bits per heavy atom. The van der Waals surface area contributed by atoms with Crippen LogP contribution in [-0.4, -0.2) is 7.28 Å². The van der Waals surface area contributed by atoms with E-state index in [0.717, 1.165) is 20.1 Å². The van der Waals surface area contributed by atoms with Crippen molar-refractivity contribution in [2.75, 3.05) is 4.90 Å². The molecule has 0 atom stereocenters. The molecule has 3 heteroatoms. The first-order chi connectivity index (χ1) is 30.6. The van der Waals surface area contributed by atoms with Gasteiger partial charge in [0.25, 0.3) is 0 Å². The van der Waals surface area contributed by atoms with Crippen molar-refractivity contribution >= 4 is 66.8 Å². The monoisotopic (exact) mass is 829 g/mol. The molecule has 0 amide bonds. The van der Waals surface area contributed by atoms with Crippen LogP contribution in [0, 0.1) is 6.92 Å². The van der Waals surface area contributed by atoms with Gasteiger partial charge in [-0.05, 0) is 140 Å². The molecule has 3 aliphatic rings. The largest absolute Gasteiger partial charge is 0.311 e. The maximum Gasteiger partial charge on any atom is 0.198 e. The van der Waals surface area contributed by atoms with Crippen molar-refractivity contribution in [2.24, 2.45) is 0 Å². The molecule has 3 heterocycles. The molecule has 1 aromatic heterocycles. The first kappa shape index (κ1) is 38.5. The molecule has 0 spiro atoms. The Kier molecular flexibility index (Phi) is 8.67. The van der Waals surface area contributed by atoms with Gasteiger partial charge in [0.05, 0.1) is 11.1 Å². The Morgan fingerprint density at radius 2 is 1.21 bits per heavy atom. The van der Waals surface area contributed by atoms with E-state index in [1.807, 2.05) is 11.3 Å². The molecule has 0 unspecified atom stereocenters. The molecule has 1 nitrogen and oxygen atoms in total. The average molecular weight is 830 g/mol. The summed E-state index contributed by atoms with van der Waals surface area (Å²) in [6.07, 6.45) is 4.45. The summed E-state index contributed by atoms with van der Waals surface area (Å²) in [7, 11) is 0.867. The van der Waals surface area contributed by atoms with E-state index >= 15 is 0 Å². The Morgan fingerprint density at radius 1 is 0.524 bits per heavy atom. The van der Waals surface area contributed by atoms with E-state index in [1.165, 1.54) is 117 Å². The van der Waals surface area contributed by atoms with Crippen molar-refractivity contribution in [2.45, 2.75) is 76.5 Å². The molecular weight excluding hydrogens is 778 g/mol. The zero-order valence-electron chi connectivity index (χ0n) is 37.1. The van der Waals surface area contributed by atoms with E-state index in [-0.39, 0.29) is 10.8 Å². The lowest BCUT2D eigenvalue weighted by Gasteiger charge is -2.49. The van der Waals surface area contributed by atoms with Crippen LogP contribution in [0.25, 0.3) is 31.3 Å². The van der Waals surface area contributed by atoms with E-state index in [0.29, 0.717) is 0 Å². The van der Waals surface area contributed by atoms with Crippen LogP contribution in [0.15, 0.2) is 170 Å². The van der Waals surface area contributed by atoms with E-state index in [1.54, 1.807) is 5.56 Å². The average Bonchev–Trinajstić information content (AvgIpc) is 3.67. The minimum atomic E-state index is -0.480. The van der Waals surface area contributed by atoms with Crippen molar-refractivity contribution < 1.29 is 0 Å². The lowest BCUT2D eigenvalue weighted by Crippen LogP contribution is -2.47. The number of thiophene rings is 1. The fourth-order valence-corrected chi connectivity index (χ4v) is 13.1. The number of aryl methyl sites for hydroxylation is 3. The van der Waals surface area contributed by atoms with E-state index < -0.39 is 5.41 Å². The summed E-state index contributed by atoms with van der Waals surface area (Å²) in [6.45, 7) is 12.1. The fraction of sp³-hybridized carbons (Fsp3) is 0.200. The van der Waals surface area contributed by atoms with Gasteiger partial charge in [-0.15, -0.1) is 11.3 Å². The lowest BCUT2D eigenvalue weighted by molar-refractivity contribution is 0.331. The Hall–Kier alpha value is -6.16. The predicted molar refractivity (Wildman–Crippen MR) is 272 cm³/mol. The Labute approximate surface area is 377 Å². The second-order valence-electron chi connectivity index (χ2n) is 19.9. The molecule has 0 bridgehead atoms. The van der Waals surface area contributed by atoms with Gasteiger partial charge in [-0.25, -0.2) is 0 Å². The SMILES string of the molecule is Cc1cc(-c2cc3sc4ccccc4c3cc2CCc2ccc3c(c2)C(C)(C)CCC3(C)C)c2c(c1)N1c3ccccc3C(c3ccccc3)(c3ccccc3)c3cccc(c31)B2. The summed E-state index contributed by atoms with van der Waals surface area (Å²) in [5.41, 5.74) is 21.8. The molecule has 12 rings (SSSR count). The number of nitrogens with zero attached hydrogens (tertiary/aromatic N) is 1. The molecule has 63 heavy (non-hydrogen) atoms. The van der Waals surface area contributed by atoms with Crippen LogP contribution in [0.3, 0.4) is 0 Å². The van der Waals surface area contributed by atoms with Gasteiger partial charge in [-0.1, -0.05) is 173 Å². The van der Waals surface area contributed by atoms with Crippen LogP contribution < -0.4 is 15.8 Å². The highest BCUT2D eigenvalue weighted by Gasteiger charge is 2.48. The summed E-state index contributed by atoms with van der Waals surface area (Å²) >= 11 is 1.93. The lowest BCUT2D eigenvalue weighted by atomic mass is 9.54. The molecule has 0 radical (unpaired) electrons. The van der Waals surface area contributed by atoms with Crippen molar-refractivity contribution in [1.82, 2.24) is 0 Å². The highest BCUT2D eigenvalue weighted by molar-refractivity contribution is 7.25. The van der Waals surface area contributed by atoms with Crippen molar-refractivity contribution in [1.29, 1.82) is 0 Å². The number of hydrogen-bond donors (Lipinski definition) is 0. The summed E-state index contributed by atoms with van der Waals surface area (Å²) < 4.78 is 2.72. The zero-order chi connectivity index (χ0) is 42.7. The van der Waals surface area contributed by atoms with Gasteiger partial charge in [0, 0.05) is 31.5 Å². The van der Waals surface area contributed by atoms with Gasteiger partial charge >= 0.3 is 0 Å². The quantitative estimate of drug-likeness (QED) is 0.151. The van der Waals surface area contributed by atoms with Gasteiger partial charge in [0.15, 0.2) is 7.28 Å². The Balaban J connectivity index is 1.06. The van der Waals surface area contributed by atoms with E-state index in [4.69, 9.17) is 0 Å². The normalized spacial score (nSPS) is 16.2. The van der Waals surface area contributed by atoms with Crippen LogP contribution in [0.5, 0.6) is 0 Å². The summed E-state index contributed by atoms with van der Waals surface area (Å²) in [6, 6.07) is 65.2. The van der Waals surface area contributed by atoms with Gasteiger partial charge in [0.2, 0.25) is 0 Å². The number of para-hydroxylation sites is 2. The fourth-order valence-electron chi connectivity index (χ4n) is 11.9. The smallest absolute Gasteiger partial charge is 0.198 e. The maximum atomic E-state index is 2.63. The predicted octanol–water partition coefficient (Wildman–Crippen LogP) is 14.0. The summed E-state index contributed by atoms with van der Waals surface area (Å²) in [5.74, 6) is 0. The number of rotatable bonds is 6. The molecule has 0 N–H and O–H groups in total. The highest BCUT2D eigenvalue weighted by atomic mass is 32.1. The summed E-state index contributed by atoms with van der Waals surface area (Å²) in [4.78, 5) is 2.63. The molecule has 0 fully saturated rings. The molecule has 2 aliphatic heterocycles. The molecule has 0 saturated carbocycles. The first-order valence-corrected chi connectivity index (χ1v) is 23.8. The third kappa shape index (κ3) is 5.82. The molecule has 1 aliphatic carbocycles. The molecule has 0 saturated heterocycles. The Bertz CT molecular complexity index is 3240. The third-order valence-electron chi connectivity index (χ3n) is 15.2. The van der Waals surface area contributed by atoms with Gasteiger partial charge < -0.3 is 4.90 Å². The van der Waals surface area contributed by atoms with Gasteiger partial charge in [0.1, 0.15) is 0 Å². The van der Waals surface area contributed by atoms with Crippen molar-refractivity contribution in [3.8, 4) is 11.1 Å². The highest BCUT2D eigenvalue weighted by Crippen LogP contribution is 2.58. The van der Waals surface area contributed by atoms with E-state index in [2.05, 4.69) is 209 Å². The van der Waals surface area contributed by atoms with Crippen LogP contribution in [-0.2, 0) is 29.1 Å². The molecule has 306 valence electrons. The van der Waals surface area contributed by atoms with Crippen LogP contribution in [0.1, 0.15) is 90.6 Å². The second-order valence-corrected chi connectivity index (χ2v) is 21.0. The van der Waals surface area contributed by atoms with Gasteiger partial charge in [-0.3, -0.25) is 0 Å². The zero-order valence-corrected chi connectivity index (χ0v) is 37.9. The molecule has 8 aromatic carbocycles. The van der Waals surface area contributed by atoms with Crippen molar-refractivity contribution in [3.63, 3.8) is 0 Å². The van der Waals surface area contributed by atoms with Crippen LogP contribution >= 0.6 is 11.3 Å². The third-order valence-corrected chi connectivity index (χ3v) is 16.3. The first-order valence-electron chi connectivity index (χ1n) is 23.0. The second kappa shape index (κ2) is 14.2. The molecular formula is C60H52BNS. The number of fused-ring (bicyclic) bond motifs is 8. The van der Waals surface area contributed by atoms with E-state index in [9.17, 15) is 0 Å². The summed E-state index contributed by atoms with van der Waals surface area (Å²) in [5, 5.41) is 2.74. The van der Waals surface area contributed by atoms with Crippen LogP contribution in [0.2, 0.25) is 0 Å². The maximum absolute atomic E-state index is 2.63. The van der Waals surface area contributed by atoms with Gasteiger partial charge in [-0.2, -0.15) is 0 Å². The minimum absolute atomic E-state index is 0.187. The topological polar surface area (TPSA) is 3.24 Å². The number of hydrogen-bond acceptors (Lipinski definition) is 2. The molecule has 9 aromatic rings. The number of anilines is 3. The minimum Gasteiger partial charge on any atom is -0.311 e. The standard InChI is InChI=1S/C60H52BNS/c1-38-33-46(44-37-55-45(43-21-12-15-26-54(43)63-55)36-40(44)29-27-39-28-30-47-50(35-39)59(4,5)32-31-58(47,2)3)56-53(34-38)62-52-25-14-13-22-48(52)60(41-17-8-6-9-18-41,42-19-10-7-11-20-42)49-23-16-24-51(61-56)57(49)62/h6-26,28,30,33-37,61H,27,29,31-32H2,1-5H3.